The Labute approximate surface area is 213 Å². The quantitative estimate of drug-likeness (QED) is 0.233. The van der Waals surface area contributed by atoms with Crippen LogP contribution in [0.4, 0.5) is 5.69 Å². The van der Waals surface area contributed by atoms with Crippen LogP contribution >= 0.6 is 55.1 Å². The first-order valence-corrected chi connectivity index (χ1v) is 11.7. The van der Waals surface area contributed by atoms with Gasteiger partial charge in [-0.1, -0.05) is 53.5 Å². The molecular weight excluding hydrogens is 579 g/mol. The average molecular weight is 595 g/mol. The number of nitrogens with zero attached hydrogens (tertiary/aromatic N) is 1. The minimum Gasteiger partial charge on any atom is -0.487 e. The van der Waals surface area contributed by atoms with Crippen LogP contribution in [-0.4, -0.2) is 5.91 Å². The van der Waals surface area contributed by atoms with Gasteiger partial charge in [0.1, 0.15) is 24.0 Å². The zero-order valence-corrected chi connectivity index (χ0v) is 21.4. The van der Waals surface area contributed by atoms with Gasteiger partial charge in [0, 0.05) is 19.5 Å². The molecule has 0 saturated heterocycles. The molecule has 0 unspecified atom stereocenters. The molecule has 0 bridgehead atoms. The van der Waals surface area contributed by atoms with Gasteiger partial charge in [-0.15, -0.1) is 0 Å². The van der Waals surface area contributed by atoms with Crippen molar-refractivity contribution in [3.8, 4) is 11.8 Å². The van der Waals surface area contributed by atoms with Crippen molar-refractivity contribution in [1.29, 1.82) is 5.26 Å². The van der Waals surface area contributed by atoms with Gasteiger partial charge in [-0.3, -0.25) is 4.79 Å². The van der Waals surface area contributed by atoms with Gasteiger partial charge in [0.2, 0.25) is 0 Å². The summed E-state index contributed by atoms with van der Waals surface area (Å²) in [5.74, 6) is -0.249. The number of aryl methyl sites for hydroxylation is 1. The van der Waals surface area contributed by atoms with Crippen LogP contribution < -0.4 is 10.1 Å². The van der Waals surface area contributed by atoms with Crippen LogP contribution in [0.3, 0.4) is 0 Å². The molecule has 0 atom stereocenters. The molecule has 8 heteroatoms. The molecule has 162 valence electrons. The third-order valence-corrected chi connectivity index (χ3v) is 6.10. The first-order chi connectivity index (χ1) is 15.3. The molecule has 0 saturated carbocycles. The molecule has 0 aliphatic rings. The second-order valence-corrected chi connectivity index (χ2v) is 9.36. The topological polar surface area (TPSA) is 62.1 Å². The number of rotatable bonds is 6. The van der Waals surface area contributed by atoms with Crippen molar-refractivity contribution < 1.29 is 9.53 Å². The summed E-state index contributed by atoms with van der Waals surface area (Å²) in [4.78, 5) is 12.8. The van der Waals surface area contributed by atoms with Crippen molar-refractivity contribution in [2.24, 2.45) is 0 Å². The van der Waals surface area contributed by atoms with Crippen molar-refractivity contribution in [2.75, 3.05) is 5.32 Å². The fourth-order valence-electron chi connectivity index (χ4n) is 2.87. The molecule has 32 heavy (non-hydrogen) atoms. The highest BCUT2D eigenvalue weighted by Gasteiger charge is 2.17. The van der Waals surface area contributed by atoms with Crippen LogP contribution in [-0.2, 0) is 11.4 Å². The lowest BCUT2D eigenvalue weighted by molar-refractivity contribution is -0.112. The number of anilines is 1. The molecule has 0 heterocycles. The maximum Gasteiger partial charge on any atom is 0.266 e. The highest BCUT2D eigenvalue weighted by atomic mass is 79.9. The standard InChI is InChI=1S/C24H16Br2Cl2N2O2/c1-14-7-19(25)22(20(26)8-14)30-24(31)17(12-29)9-16-10-18(27)11-21(28)23(16)32-13-15-5-3-2-4-6-15/h2-11H,13H2,1H3,(H,30,31)/b17-9+. The summed E-state index contributed by atoms with van der Waals surface area (Å²) in [7, 11) is 0. The number of halogens is 4. The first kappa shape index (κ1) is 24.3. The van der Waals surface area contributed by atoms with E-state index in [1.165, 1.54) is 6.08 Å². The molecule has 1 amide bonds. The molecule has 0 radical (unpaired) electrons. The predicted octanol–water partition coefficient (Wildman–Crippen LogP) is 7.95. The summed E-state index contributed by atoms with van der Waals surface area (Å²) < 4.78 is 7.29. The predicted molar refractivity (Wildman–Crippen MR) is 136 cm³/mol. The molecular formula is C24H16Br2Cl2N2O2. The maximum absolute atomic E-state index is 12.8. The highest BCUT2D eigenvalue weighted by Crippen LogP contribution is 2.35. The lowest BCUT2D eigenvalue weighted by Gasteiger charge is -2.13. The average Bonchev–Trinajstić information content (AvgIpc) is 2.74. The van der Waals surface area contributed by atoms with Crippen molar-refractivity contribution in [3.05, 3.63) is 95.9 Å². The Kier molecular flexibility index (Phi) is 8.38. The number of benzene rings is 3. The van der Waals surface area contributed by atoms with Gasteiger partial charge in [-0.05, 0) is 80.3 Å². The van der Waals surface area contributed by atoms with Gasteiger partial charge in [-0.2, -0.15) is 5.26 Å². The van der Waals surface area contributed by atoms with Crippen LogP contribution in [0.25, 0.3) is 6.08 Å². The second kappa shape index (κ2) is 11.0. The Morgan fingerprint density at radius 3 is 2.41 bits per heavy atom. The summed E-state index contributed by atoms with van der Waals surface area (Å²) in [5, 5.41) is 13.0. The Balaban J connectivity index is 1.92. The first-order valence-electron chi connectivity index (χ1n) is 9.33. The van der Waals surface area contributed by atoms with Crippen molar-refractivity contribution in [1.82, 2.24) is 0 Å². The van der Waals surface area contributed by atoms with Crippen molar-refractivity contribution >= 4 is 72.7 Å². The Hall–Kier alpha value is -2.30. The summed E-state index contributed by atoms with van der Waals surface area (Å²) in [6.45, 7) is 2.20. The summed E-state index contributed by atoms with van der Waals surface area (Å²) >= 11 is 19.4. The zero-order valence-electron chi connectivity index (χ0n) is 16.8. The minimum atomic E-state index is -0.581. The Morgan fingerprint density at radius 2 is 1.78 bits per heavy atom. The van der Waals surface area contributed by atoms with Gasteiger partial charge in [0.15, 0.2) is 0 Å². The monoisotopic (exact) mass is 592 g/mol. The van der Waals surface area contributed by atoms with Crippen LogP contribution in [0, 0.1) is 18.3 Å². The lowest BCUT2D eigenvalue weighted by atomic mass is 10.1. The van der Waals surface area contributed by atoms with E-state index in [0.717, 1.165) is 11.1 Å². The van der Waals surface area contributed by atoms with Gasteiger partial charge in [0.05, 0.1) is 10.7 Å². The van der Waals surface area contributed by atoms with Crippen molar-refractivity contribution in [2.45, 2.75) is 13.5 Å². The van der Waals surface area contributed by atoms with E-state index in [-0.39, 0.29) is 17.2 Å². The molecule has 0 spiro atoms. The number of carbonyl (C=O) groups excluding carboxylic acids is 1. The number of amides is 1. The van der Waals surface area contributed by atoms with Crippen molar-refractivity contribution in [3.63, 3.8) is 0 Å². The van der Waals surface area contributed by atoms with E-state index in [2.05, 4.69) is 37.2 Å². The van der Waals surface area contributed by atoms with E-state index in [1.54, 1.807) is 12.1 Å². The van der Waals surface area contributed by atoms with Gasteiger partial charge >= 0.3 is 0 Å². The van der Waals surface area contributed by atoms with Crippen LogP contribution in [0.15, 0.2) is 69.1 Å². The van der Waals surface area contributed by atoms with E-state index in [1.807, 2.05) is 55.5 Å². The largest absolute Gasteiger partial charge is 0.487 e. The van der Waals surface area contributed by atoms with Gasteiger partial charge in [-0.25, -0.2) is 0 Å². The van der Waals surface area contributed by atoms with E-state index in [9.17, 15) is 10.1 Å². The van der Waals surface area contributed by atoms with E-state index in [0.29, 0.717) is 31.0 Å². The Bertz CT molecular complexity index is 1220. The number of hydrogen-bond acceptors (Lipinski definition) is 3. The summed E-state index contributed by atoms with van der Waals surface area (Å²) in [5.41, 5.74) is 2.76. The van der Waals surface area contributed by atoms with E-state index >= 15 is 0 Å². The third-order valence-electron chi connectivity index (χ3n) is 4.35. The highest BCUT2D eigenvalue weighted by molar-refractivity contribution is 9.11. The molecule has 3 rings (SSSR count). The van der Waals surface area contributed by atoms with Crippen LogP contribution in [0.1, 0.15) is 16.7 Å². The van der Waals surface area contributed by atoms with E-state index < -0.39 is 5.91 Å². The summed E-state index contributed by atoms with van der Waals surface area (Å²) in [6.07, 6.45) is 1.41. The van der Waals surface area contributed by atoms with Gasteiger partial charge < -0.3 is 10.1 Å². The maximum atomic E-state index is 12.8. The minimum absolute atomic E-state index is 0.132. The normalized spacial score (nSPS) is 11.1. The Morgan fingerprint density at radius 1 is 1.12 bits per heavy atom. The molecule has 1 N–H and O–H groups in total. The number of nitriles is 1. The zero-order chi connectivity index (χ0) is 23.3. The fourth-order valence-corrected chi connectivity index (χ4v) is 5.05. The lowest BCUT2D eigenvalue weighted by Crippen LogP contribution is -2.14. The van der Waals surface area contributed by atoms with E-state index in [4.69, 9.17) is 27.9 Å². The summed E-state index contributed by atoms with van der Waals surface area (Å²) in [6, 6.07) is 18.4. The molecule has 0 aromatic heterocycles. The molecule has 4 nitrogen and oxygen atoms in total. The van der Waals surface area contributed by atoms with Crippen LogP contribution in [0.2, 0.25) is 10.0 Å². The molecule has 0 fully saturated rings. The molecule has 0 aliphatic heterocycles. The molecule has 0 aliphatic carbocycles. The number of ether oxygens (including phenoxy) is 1. The number of carbonyl (C=O) groups is 1. The molecule has 3 aromatic carbocycles. The second-order valence-electron chi connectivity index (χ2n) is 6.81. The third kappa shape index (κ3) is 6.14. The van der Waals surface area contributed by atoms with Gasteiger partial charge in [0.25, 0.3) is 5.91 Å². The van der Waals surface area contributed by atoms with Crippen LogP contribution in [0.5, 0.6) is 5.75 Å². The smallest absolute Gasteiger partial charge is 0.266 e. The number of nitrogens with one attached hydrogen (secondary N) is 1. The molecule has 3 aromatic rings. The fraction of sp³-hybridized carbons (Fsp3) is 0.0833. The number of hydrogen-bond donors (Lipinski definition) is 1. The SMILES string of the molecule is Cc1cc(Br)c(NC(=O)/C(C#N)=C/c2cc(Cl)cc(Cl)c2OCc2ccccc2)c(Br)c1.